The van der Waals surface area contributed by atoms with Crippen molar-refractivity contribution in [1.82, 2.24) is 15.5 Å². The third-order valence-corrected chi connectivity index (χ3v) is 3.71. The van der Waals surface area contributed by atoms with Gasteiger partial charge in [0.25, 0.3) is 0 Å². The van der Waals surface area contributed by atoms with Gasteiger partial charge in [0.1, 0.15) is 0 Å². The summed E-state index contributed by atoms with van der Waals surface area (Å²) in [4.78, 5) is 0. The highest BCUT2D eigenvalue weighted by Crippen LogP contribution is 2.19. The molecule has 2 aromatic rings. The number of hydrogen-bond donors (Lipinski definition) is 1. The van der Waals surface area contributed by atoms with Crippen LogP contribution >= 0.6 is 11.3 Å². The first-order valence-corrected chi connectivity index (χ1v) is 7.39. The molecule has 0 saturated heterocycles. The maximum absolute atomic E-state index is 5.04. The molecule has 4 nitrogen and oxygen atoms in total. The minimum Gasteiger partial charge on any atom is -0.480 e. The molecule has 0 saturated carbocycles. The molecule has 0 aliphatic rings. The summed E-state index contributed by atoms with van der Waals surface area (Å²) in [5.74, 6) is 0.553. The van der Waals surface area contributed by atoms with E-state index in [2.05, 4.69) is 39.3 Å². The van der Waals surface area contributed by atoms with Crippen LogP contribution in [0.15, 0.2) is 29.0 Å². The van der Waals surface area contributed by atoms with Crippen molar-refractivity contribution >= 4 is 11.3 Å². The number of thiophene rings is 1. The number of nitrogens with zero attached hydrogens (tertiary/aromatic N) is 2. The lowest BCUT2D eigenvalue weighted by atomic mass is 10.0. The number of ether oxygens (including phenoxy) is 1. The van der Waals surface area contributed by atoms with Crippen LogP contribution in [-0.4, -0.2) is 23.9 Å². The molecule has 0 fully saturated rings. The fourth-order valence-corrected chi connectivity index (χ4v) is 2.68. The largest absolute Gasteiger partial charge is 0.480 e. The molecule has 2 rings (SSSR count). The molecule has 1 unspecified atom stereocenters. The van der Waals surface area contributed by atoms with Crippen molar-refractivity contribution < 1.29 is 4.74 Å². The summed E-state index contributed by atoms with van der Waals surface area (Å²) in [6.07, 6.45) is 2.07. The standard InChI is InChI=1S/C14H19N3OS/c1-3-15-12(5-4-11-8-9-19-10-11)13-6-7-14(18-2)17-16-13/h6-10,12,15H,3-5H2,1-2H3. The minimum absolute atomic E-state index is 0.239. The molecule has 0 bridgehead atoms. The molecule has 5 heteroatoms. The molecule has 0 spiro atoms. The Morgan fingerprint density at radius 3 is 2.79 bits per heavy atom. The van der Waals surface area contributed by atoms with Gasteiger partial charge in [-0.05, 0) is 47.8 Å². The molecule has 2 aromatic heterocycles. The third-order valence-electron chi connectivity index (χ3n) is 2.98. The molecule has 0 amide bonds. The second kappa shape index (κ2) is 7.21. The quantitative estimate of drug-likeness (QED) is 0.845. The normalized spacial score (nSPS) is 12.3. The Balaban J connectivity index is 2.01. The second-order valence-corrected chi connectivity index (χ2v) is 5.06. The van der Waals surface area contributed by atoms with Gasteiger partial charge in [-0.2, -0.15) is 16.4 Å². The summed E-state index contributed by atoms with van der Waals surface area (Å²) in [5, 5.41) is 16.0. The zero-order valence-electron chi connectivity index (χ0n) is 11.3. The van der Waals surface area contributed by atoms with E-state index in [0.29, 0.717) is 5.88 Å². The van der Waals surface area contributed by atoms with Crippen LogP contribution in [0, 0.1) is 0 Å². The van der Waals surface area contributed by atoms with Crippen molar-refractivity contribution in [1.29, 1.82) is 0 Å². The number of nitrogens with one attached hydrogen (secondary N) is 1. The fraction of sp³-hybridized carbons (Fsp3) is 0.429. The first-order valence-electron chi connectivity index (χ1n) is 6.45. The van der Waals surface area contributed by atoms with Gasteiger partial charge in [-0.1, -0.05) is 6.92 Å². The van der Waals surface area contributed by atoms with Crippen molar-refractivity contribution in [2.24, 2.45) is 0 Å². The van der Waals surface area contributed by atoms with Crippen LogP contribution in [0.25, 0.3) is 0 Å². The van der Waals surface area contributed by atoms with E-state index in [1.165, 1.54) is 5.56 Å². The Labute approximate surface area is 117 Å². The lowest BCUT2D eigenvalue weighted by molar-refractivity contribution is 0.388. The Bertz CT molecular complexity index is 470. The maximum atomic E-state index is 5.04. The van der Waals surface area contributed by atoms with Crippen molar-refractivity contribution in [2.45, 2.75) is 25.8 Å². The average molecular weight is 277 g/mol. The molecule has 0 radical (unpaired) electrons. The summed E-state index contributed by atoms with van der Waals surface area (Å²) in [6.45, 7) is 3.02. The summed E-state index contributed by atoms with van der Waals surface area (Å²) in [7, 11) is 1.60. The van der Waals surface area contributed by atoms with Gasteiger partial charge in [-0.15, -0.1) is 5.10 Å². The summed E-state index contributed by atoms with van der Waals surface area (Å²) >= 11 is 1.74. The monoisotopic (exact) mass is 277 g/mol. The van der Waals surface area contributed by atoms with Crippen molar-refractivity contribution in [3.8, 4) is 5.88 Å². The fourth-order valence-electron chi connectivity index (χ4n) is 1.97. The SMILES string of the molecule is CCNC(CCc1ccsc1)c1ccc(OC)nn1. The first-order chi connectivity index (χ1) is 9.33. The van der Waals surface area contributed by atoms with Gasteiger partial charge in [0, 0.05) is 6.07 Å². The van der Waals surface area contributed by atoms with Crippen LogP contribution in [0.4, 0.5) is 0 Å². The second-order valence-electron chi connectivity index (χ2n) is 4.28. The van der Waals surface area contributed by atoms with Crippen LogP contribution in [0.3, 0.4) is 0 Å². The van der Waals surface area contributed by atoms with Gasteiger partial charge >= 0.3 is 0 Å². The summed E-state index contributed by atoms with van der Waals surface area (Å²) < 4.78 is 5.04. The van der Waals surface area contributed by atoms with Crippen LogP contribution in [0.2, 0.25) is 0 Å². The third kappa shape index (κ3) is 4.01. The Hall–Kier alpha value is -1.46. The minimum atomic E-state index is 0.239. The van der Waals surface area contributed by atoms with Gasteiger partial charge in [0.05, 0.1) is 18.8 Å². The van der Waals surface area contributed by atoms with Crippen molar-refractivity contribution in [3.05, 3.63) is 40.2 Å². The first kappa shape index (κ1) is 14.0. The average Bonchev–Trinajstić information content (AvgIpc) is 2.97. The van der Waals surface area contributed by atoms with E-state index in [1.807, 2.05) is 12.1 Å². The predicted octanol–water partition coefficient (Wildman–Crippen LogP) is 2.83. The smallest absolute Gasteiger partial charge is 0.233 e. The molecule has 1 N–H and O–H groups in total. The molecule has 19 heavy (non-hydrogen) atoms. The molecule has 102 valence electrons. The highest BCUT2D eigenvalue weighted by atomic mass is 32.1. The maximum Gasteiger partial charge on any atom is 0.233 e. The van der Waals surface area contributed by atoms with Gasteiger partial charge in [0.2, 0.25) is 5.88 Å². The van der Waals surface area contributed by atoms with Gasteiger partial charge in [-0.25, -0.2) is 0 Å². The Kier molecular flexibility index (Phi) is 5.30. The highest BCUT2D eigenvalue weighted by molar-refractivity contribution is 7.07. The Morgan fingerprint density at radius 2 is 2.21 bits per heavy atom. The lowest BCUT2D eigenvalue weighted by Gasteiger charge is -2.16. The molecule has 1 atom stereocenters. The van der Waals surface area contributed by atoms with Crippen molar-refractivity contribution in [3.63, 3.8) is 0 Å². The van der Waals surface area contributed by atoms with E-state index in [9.17, 15) is 0 Å². The molecule has 2 heterocycles. The molecule has 0 aliphatic heterocycles. The topological polar surface area (TPSA) is 47.0 Å². The Morgan fingerprint density at radius 1 is 1.32 bits per heavy atom. The van der Waals surface area contributed by atoms with Crippen molar-refractivity contribution in [2.75, 3.05) is 13.7 Å². The van der Waals surface area contributed by atoms with E-state index >= 15 is 0 Å². The highest BCUT2D eigenvalue weighted by Gasteiger charge is 2.12. The van der Waals surface area contributed by atoms with Gasteiger partial charge < -0.3 is 10.1 Å². The molecular weight excluding hydrogens is 258 g/mol. The van der Waals surface area contributed by atoms with Crippen LogP contribution in [0.5, 0.6) is 5.88 Å². The lowest BCUT2D eigenvalue weighted by Crippen LogP contribution is -2.22. The van der Waals surface area contributed by atoms with Crippen LogP contribution in [0.1, 0.15) is 30.6 Å². The number of rotatable bonds is 7. The van der Waals surface area contributed by atoms with Crippen LogP contribution < -0.4 is 10.1 Å². The van der Waals surface area contributed by atoms with E-state index < -0.39 is 0 Å². The van der Waals surface area contributed by atoms with Gasteiger partial charge in [-0.3, -0.25) is 0 Å². The van der Waals surface area contributed by atoms with E-state index in [0.717, 1.165) is 25.1 Å². The number of aromatic nitrogens is 2. The van der Waals surface area contributed by atoms with E-state index in [4.69, 9.17) is 4.74 Å². The van der Waals surface area contributed by atoms with Crippen LogP contribution in [-0.2, 0) is 6.42 Å². The zero-order chi connectivity index (χ0) is 13.5. The van der Waals surface area contributed by atoms with E-state index in [1.54, 1.807) is 18.4 Å². The zero-order valence-corrected chi connectivity index (χ0v) is 12.1. The number of methoxy groups -OCH3 is 1. The molecular formula is C14H19N3OS. The number of hydrogen-bond acceptors (Lipinski definition) is 5. The number of aryl methyl sites for hydroxylation is 1. The predicted molar refractivity (Wildman–Crippen MR) is 77.6 cm³/mol. The molecule has 0 aliphatic carbocycles. The molecule has 0 aromatic carbocycles. The summed E-state index contributed by atoms with van der Waals surface area (Å²) in [6, 6.07) is 6.25. The van der Waals surface area contributed by atoms with Gasteiger partial charge in [0.15, 0.2) is 0 Å². The van der Waals surface area contributed by atoms with E-state index in [-0.39, 0.29) is 6.04 Å². The summed E-state index contributed by atoms with van der Waals surface area (Å²) in [5.41, 5.74) is 2.35.